The molecule has 1 aromatic rings. The Hall–Kier alpha value is -2.13. The van der Waals surface area contributed by atoms with Gasteiger partial charge in [0.05, 0.1) is 23.9 Å². The van der Waals surface area contributed by atoms with E-state index in [9.17, 15) is 19.7 Å². The maximum Gasteiger partial charge on any atom is 0.269 e. The monoisotopic (exact) mass is 351 g/mol. The van der Waals surface area contributed by atoms with E-state index in [1.807, 2.05) is 0 Å². The summed E-state index contributed by atoms with van der Waals surface area (Å²) < 4.78 is 5.22. The number of ether oxygens (including phenoxy) is 1. The van der Waals surface area contributed by atoms with Crippen LogP contribution in [0.2, 0.25) is 0 Å². The van der Waals surface area contributed by atoms with Crippen LogP contribution in [0.5, 0.6) is 0 Å². The van der Waals surface area contributed by atoms with Gasteiger partial charge in [-0.3, -0.25) is 19.7 Å². The molecule has 0 spiro atoms. The fourth-order valence-electron chi connectivity index (χ4n) is 2.75. The number of nitrogens with zero attached hydrogens (tertiary/aromatic N) is 3. The van der Waals surface area contributed by atoms with Crippen molar-refractivity contribution in [3.63, 3.8) is 0 Å². The van der Waals surface area contributed by atoms with Crippen molar-refractivity contribution >= 4 is 29.3 Å². The highest BCUT2D eigenvalue weighted by atomic mass is 32.2. The highest BCUT2D eigenvalue weighted by Gasteiger charge is 2.35. The standard InChI is InChI=1S/C15H17N3O5S/c19-13(16-4-6-23-7-5-16)9-17-14(20)10-24-15(17)11-2-1-3-12(8-11)18(21)22/h1-3,8,15H,4-7,9-10H2/t15-/m0/s1. The zero-order valence-corrected chi connectivity index (χ0v) is 13.7. The van der Waals surface area contributed by atoms with Crippen LogP contribution in [-0.4, -0.2) is 65.1 Å². The molecule has 0 unspecified atom stereocenters. The molecular formula is C15H17N3O5S. The largest absolute Gasteiger partial charge is 0.378 e. The highest BCUT2D eigenvalue weighted by Crippen LogP contribution is 2.39. The van der Waals surface area contributed by atoms with E-state index in [2.05, 4.69) is 0 Å². The minimum absolute atomic E-state index is 0.0147. The lowest BCUT2D eigenvalue weighted by Crippen LogP contribution is -2.46. The van der Waals surface area contributed by atoms with Crippen molar-refractivity contribution in [1.82, 2.24) is 9.80 Å². The number of thioether (sulfide) groups is 1. The third kappa shape index (κ3) is 3.51. The van der Waals surface area contributed by atoms with Gasteiger partial charge in [0.2, 0.25) is 11.8 Å². The summed E-state index contributed by atoms with van der Waals surface area (Å²) in [6, 6.07) is 6.21. The van der Waals surface area contributed by atoms with Crippen LogP contribution in [-0.2, 0) is 14.3 Å². The topological polar surface area (TPSA) is 93.0 Å². The molecule has 0 N–H and O–H groups in total. The first-order valence-electron chi connectivity index (χ1n) is 7.57. The Labute approximate surface area is 142 Å². The lowest BCUT2D eigenvalue weighted by atomic mass is 10.2. The van der Waals surface area contributed by atoms with E-state index in [0.717, 1.165) is 0 Å². The van der Waals surface area contributed by atoms with Gasteiger partial charge < -0.3 is 14.5 Å². The highest BCUT2D eigenvalue weighted by molar-refractivity contribution is 8.00. The van der Waals surface area contributed by atoms with Crippen LogP contribution < -0.4 is 0 Å². The lowest BCUT2D eigenvalue weighted by molar-refractivity contribution is -0.384. The van der Waals surface area contributed by atoms with Crippen LogP contribution in [0.1, 0.15) is 10.9 Å². The Kier molecular flexibility index (Phi) is 5.00. The average molecular weight is 351 g/mol. The Bertz CT molecular complexity index is 662. The van der Waals surface area contributed by atoms with E-state index >= 15 is 0 Å². The van der Waals surface area contributed by atoms with E-state index < -0.39 is 4.92 Å². The quantitative estimate of drug-likeness (QED) is 0.594. The number of nitro groups is 1. The lowest BCUT2D eigenvalue weighted by Gasteiger charge is -2.30. The molecule has 0 saturated carbocycles. The first kappa shape index (κ1) is 16.7. The van der Waals surface area contributed by atoms with E-state index in [4.69, 9.17) is 4.74 Å². The number of benzene rings is 1. The number of hydrogen-bond donors (Lipinski definition) is 0. The van der Waals surface area contributed by atoms with Crippen LogP contribution in [0.15, 0.2) is 24.3 Å². The maximum atomic E-state index is 12.4. The Morgan fingerprint density at radius 1 is 1.38 bits per heavy atom. The number of non-ortho nitro benzene ring substituents is 1. The maximum absolute atomic E-state index is 12.4. The Morgan fingerprint density at radius 3 is 2.83 bits per heavy atom. The summed E-state index contributed by atoms with van der Waals surface area (Å²) in [5, 5.41) is 10.6. The molecule has 2 aliphatic rings. The minimum Gasteiger partial charge on any atom is -0.378 e. The molecule has 2 fully saturated rings. The molecule has 8 nitrogen and oxygen atoms in total. The van der Waals surface area contributed by atoms with Crippen molar-refractivity contribution in [1.29, 1.82) is 0 Å². The van der Waals surface area contributed by atoms with Crippen LogP contribution in [0.4, 0.5) is 5.69 Å². The van der Waals surface area contributed by atoms with Crippen LogP contribution in [0, 0.1) is 10.1 Å². The number of hydrogen-bond acceptors (Lipinski definition) is 6. The molecule has 1 atom stereocenters. The average Bonchev–Trinajstić information content (AvgIpc) is 2.96. The van der Waals surface area contributed by atoms with E-state index in [1.165, 1.54) is 28.8 Å². The summed E-state index contributed by atoms with van der Waals surface area (Å²) in [5.74, 6) is 0.0201. The summed E-state index contributed by atoms with van der Waals surface area (Å²) in [4.78, 5) is 38.2. The first-order chi connectivity index (χ1) is 11.6. The molecule has 1 aromatic carbocycles. The van der Waals surface area contributed by atoms with Gasteiger partial charge in [-0.2, -0.15) is 0 Å². The van der Waals surface area contributed by atoms with Gasteiger partial charge in [-0.25, -0.2) is 0 Å². The van der Waals surface area contributed by atoms with Crippen molar-refractivity contribution in [2.75, 3.05) is 38.6 Å². The second kappa shape index (κ2) is 7.18. The molecule has 0 aliphatic carbocycles. The van der Waals surface area contributed by atoms with E-state index in [-0.39, 0.29) is 35.2 Å². The fraction of sp³-hybridized carbons (Fsp3) is 0.467. The zero-order valence-electron chi connectivity index (χ0n) is 12.9. The van der Waals surface area contributed by atoms with Gasteiger partial charge in [0, 0.05) is 25.2 Å². The molecule has 0 bridgehead atoms. The van der Waals surface area contributed by atoms with Crippen LogP contribution in [0.3, 0.4) is 0 Å². The second-order valence-corrected chi connectivity index (χ2v) is 6.60. The number of rotatable bonds is 4. The predicted molar refractivity (Wildman–Crippen MR) is 87.4 cm³/mol. The summed E-state index contributed by atoms with van der Waals surface area (Å²) in [5.41, 5.74) is 0.640. The fourth-order valence-corrected chi connectivity index (χ4v) is 3.93. The molecular weight excluding hydrogens is 334 g/mol. The number of nitro benzene ring substituents is 1. The zero-order chi connectivity index (χ0) is 17.1. The van der Waals surface area contributed by atoms with Crippen molar-refractivity contribution in [3.05, 3.63) is 39.9 Å². The molecule has 9 heteroatoms. The second-order valence-electron chi connectivity index (χ2n) is 5.53. The van der Waals surface area contributed by atoms with Gasteiger partial charge >= 0.3 is 0 Å². The number of carbonyl (C=O) groups is 2. The summed E-state index contributed by atoms with van der Waals surface area (Å²) in [7, 11) is 0. The van der Waals surface area contributed by atoms with Gasteiger partial charge in [0.15, 0.2) is 0 Å². The van der Waals surface area contributed by atoms with Crippen molar-refractivity contribution < 1.29 is 19.2 Å². The molecule has 2 amide bonds. The third-order valence-corrected chi connectivity index (χ3v) is 5.26. The van der Waals surface area contributed by atoms with E-state index in [0.29, 0.717) is 31.9 Å². The summed E-state index contributed by atoms with van der Waals surface area (Å²) in [6.45, 7) is 2.04. The minimum atomic E-state index is -0.464. The van der Waals surface area contributed by atoms with Crippen molar-refractivity contribution in [2.45, 2.75) is 5.37 Å². The van der Waals surface area contributed by atoms with Crippen molar-refractivity contribution in [2.24, 2.45) is 0 Å². The molecule has 24 heavy (non-hydrogen) atoms. The Morgan fingerprint density at radius 2 is 2.12 bits per heavy atom. The van der Waals surface area contributed by atoms with Gasteiger partial charge in [-0.05, 0) is 5.56 Å². The molecule has 2 aliphatic heterocycles. The smallest absolute Gasteiger partial charge is 0.269 e. The summed E-state index contributed by atoms with van der Waals surface area (Å²) in [6.07, 6.45) is 0. The molecule has 3 rings (SSSR count). The molecule has 0 radical (unpaired) electrons. The van der Waals surface area contributed by atoms with Gasteiger partial charge in [-0.1, -0.05) is 12.1 Å². The van der Waals surface area contributed by atoms with Gasteiger partial charge in [0.25, 0.3) is 5.69 Å². The molecule has 0 aromatic heterocycles. The number of amides is 2. The first-order valence-corrected chi connectivity index (χ1v) is 8.62. The summed E-state index contributed by atoms with van der Waals surface area (Å²) >= 11 is 1.38. The van der Waals surface area contributed by atoms with Gasteiger partial charge in [0.1, 0.15) is 11.9 Å². The molecule has 2 heterocycles. The molecule has 2 saturated heterocycles. The third-order valence-electron chi connectivity index (χ3n) is 4.00. The molecule has 128 valence electrons. The van der Waals surface area contributed by atoms with Crippen molar-refractivity contribution in [3.8, 4) is 0 Å². The SMILES string of the molecule is O=C(CN1C(=O)CS[C@H]1c1cccc([N+](=O)[O-])c1)N1CCOCC1. The predicted octanol–water partition coefficient (Wildman–Crippen LogP) is 1.03. The van der Waals surface area contributed by atoms with E-state index in [1.54, 1.807) is 17.0 Å². The number of carbonyl (C=O) groups excluding carboxylic acids is 2. The van der Waals surface area contributed by atoms with Crippen LogP contribution in [0.25, 0.3) is 0 Å². The van der Waals surface area contributed by atoms with Gasteiger partial charge in [-0.15, -0.1) is 11.8 Å². The Balaban J connectivity index is 1.75. The normalized spacial score (nSPS) is 21.2. The number of morpholine rings is 1. The van der Waals surface area contributed by atoms with Crippen LogP contribution >= 0.6 is 11.8 Å².